The summed E-state index contributed by atoms with van der Waals surface area (Å²) < 4.78 is 0. The van der Waals surface area contributed by atoms with E-state index in [-0.39, 0.29) is 11.4 Å². The molecule has 0 saturated carbocycles. The predicted octanol–water partition coefficient (Wildman–Crippen LogP) is 2.50. The molecule has 1 aliphatic heterocycles. The molecule has 24 heavy (non-hydrogen) atoms. The van der Waals surface area contributed by atoms with Gasteiger partial charge in [0.2, 0.25) is 0 Å². The zero-order chi connectivity index (χ0) is 17.1. The normalized spacial score (nSPS) is 14.3. The lowest BCUT2D eigenvalue weighted by Crippen LogP contribution is -2.46. The highest BCUT2D eigenvalue weighted by Gasteiger charge is 2.24. The lowest BCUT2D eigenvalue weighted by molar-refractivity contribution is -0.384. The Kier molecular flexibility index (Phi) is 4.20. The van der Waals surface area contributed by atoms with Crippen molar-refractivity contribution in [2.24, 2.45) is 0 Å². The number of benzene rings is 2. The number of nitrogens with zero attached hydrogens (tertiary/aromatic N) is 4. The average molecular weight is 324 g/mol. The summed E-state index contributed by atoms with van der Waals surface area (Å²) in [4.78, 5) is 14.9. The maximum atomic E-state index is 11.2. The Balaban J connectivity index is 1.78. The number of anilines is 2. The Morgan fingerprint density at radius 2 is 1.67 bits per heavy atom. The van der Waals surface area contributed by atoms with Crippen molar-refractivity contribution in [1.29, 1.82) is 5.26 Å². The van der Waals surface area contributed by atoms with Gasteiger partial charge in [-0.3, -0.25) is 10.1 Å². The second-order valence-electron chi connectivity index (χ2n) is 5.56. The molecule has 0 atom stereocenters. The molecular formula is C17H16N4O3. The van der Waals surface area contributed by atoms with Crippen LogP contribution < -0.4 is 9.80 Å². The van der Waals surface area contributed by atoms with Crippen LogP contribution >= 0.6 is 0 Å². The van der Waals surface area contributed by atoms with Gasteiger partial charge in [-0.05, 0) is 36.4 Å². The zero-order valence-electron chi connectivity index (χ0n) is 12.9. The number of nitriles is 1. The van der Waals surface area contributed by atoms with Crippen LogP contribution in [0.5, 0.6) is 5.75 Å². The monoisotopic (exact) mass is 324 g/mol. The van der Waals surface area contributed by atoms with Gasteiger partial charge in [0.1, 0.15) is 11.4 Å². The molecule has 0 aliphatic carbocycles. The van der Waals surface area contributed by atoms with Crippen LogP contribution in [0.3, 0.4) is 0 Å². The Morgan fingerprint density at radius 3 is 2.25 bits per heavy atom. The van der Waals surface area contributed by atoms with Gasteiger partial charge < -0.3 is 14.9 Å². The lowest BCUT2D eigenvalue weighted by Gasteiger charge is -2.37. The molecule has 1 fully saturated rings. The van der Waals surface area contributed by atoms with E-state index in [2.05, 4.69) is 4.90 Å². The molecule has 2 aromatic rings. The number of piperazine rings is 1. The molecule has 0 radical (unpaired) electrons. The Hall–Kier alpha value is -3.27. The van der Waals surface area contributed by atoms with Crippen molar-refractivity contribution in [1.82, 2.24) is 0 Å². The molecule has 0 amide bonds. The van der Waals surface area contributed by atoms with Crippen LogP contribution in [0.2, 0.25) is 0 Å². The molecule has 0 aromatic heterocycles. The summed E-state index contributed by atoms with van der Waals surface area (Å²) in [5, 5.41) is 29.6. The third-order valence-corrected chi connectivity index (χ3v) is 4.14. The van der Waals surface area contributed by atoms with Crippen molar-refractivity contribution in [2.45, 2.75) is 0 Å². The summed E-state index contributed by atoms with van der Waals surface area (Å²) in [6, 6.07) is 13.4. The summed E-state index contributed by atoms with van der Waals surface area (Å²) in [7, 11) is 0. The lowest BCUT2D eigenvalue weighted by atomic mass is 10.1. The van der Waals surface area contributed by atoms with Gasteiger partial charge in [-0.15, -0.1) is 0 Å². The number of nitro groups is 1. The Bertz CT molecular complexity index is 790. The van der Waals surface area contributed by atoms with E-state index in [0.717, 1.165) is 5.69 Å². The summed E-state index contributed by atoms with van der Waals surface area (Å²) in [5.74, 6) is 0.223. The highest BCUT2D eigenvalue weighted by atomic mass is 16.6. The largest absolute Gasteiger partial charge is 0.508 e. The zero-order valence-corrected chi connectivity index (χ0v) is 12.9. The van der Waals surface area contributed by atoms with Crippen LogP contribution in [0.1, 0.15) is 5.56 Å². The molecule has 0 unspecified atom stereocenters. The average Bonchev–Trinajstić information content (AvgIpc) is 2.62. The van der Waals surface area contributed by atoms with Crippen molar-refractivity contribution in [3.63, 3.8) is 0 Å². The number of phenols is 1. The number of rotatable bonds is 3. The molecule has 0 spiro atoms. The topological polar surface area (TPSA) is 93.6 Å². The van der Waals surface area contributed by atoms with E-state index in [1.165, 1.54) is 12.1 Å². The molecule has 0 bridgehead atoms. The van der Waals surface area contributed by atoms with Crippen LogP contribution in [-0.2, 0) is 0 Å². The molecule has 2 aromatic carbocycles. The van der Waals surface area contributed by atoms with E-state index < -0.39 is 4.92 Å². The fraction of sp³-hybridized carbons (Fsp3) is 0.235. The summed E-state index contributed by atoms with van der Waals surface area (Å²) in [6.07, 6.45) is 0. The van der Waals surface area contributed by atoms with Gasteiger partial charge in [0.05, 0.1) is 16.6 Å². The van der Waals surface area contributed by atoms with Gasteiger partial charge in [-0.2, -0.15) is 5.26 Å². The van der Waals surface area contributed by atoms with Crippen molar-refractivity contribution >= 4 is 17.1 Å². The highest BCUT2D eigenvalue weighted by molar-refractivity contribution is 5.66. The van der Waals surface area contributed by atoms with E-state index >= 15 is 0 Å². The fourth-order valence-corrected chi connectivity index (χ4v) is 2.87. The minimum absolute atomic E-state index is 0.0204. The summed E-state index contributed by atoms with van der Waals surface area (Å²) >= 11 is 0. The molecule has 7 heteroatoms. The predicted molar refractivity (Wildman–Crippen MR) is 90.3 cm³/mol. The van der Waals surface area contributed by atoms with E-state index in [1.807, 2.05) is 23.1 Å². The standard InChI is InChI=1S/C17H16N4O3/c18-12-13-1-6-16(21(23)24)17(11-13)20-9-7-19(8-10-20)14-2-4-15(22)5-3-14/h1-6,11,22H,7-10H2. The third-order valence-electron chi connectivity index (χ3n) is 4.14. The van der Waals surface area contributed by atoms with Crippen molar-refractivity contribution in [2.75, 3.05) is 36.0 Å². The van der Waals surface area contributed by atoms with Crippen LogP contribution in [0, 0.1) is 21.4 Å². The van der Waals surface area contributed by atoms with E-state index in [0.29, 0.717) is 37.4 Å². The van der Waals surface area contributed by atoms with Crippen molar-refractivity contribution in [3.8, 4) is 11.8 Å². The van der Waals surface area contributed by atoms with E-state index in [9.17, 15) is 15.2 Å². The molecule has 7 nitrogen and oxygen atoms in total. The summed E-state index contributed by atoms with van der Waals surface area (Å²) in [5.41, 5.74) is 1.93. The smallest absolute Gasteiger partial charge is 0.292 e. The van der Waals surface area contributed by atoms with Crippen LogP contribution in [-0.4, -0.2) is 36.2 Å². The van der Waals surface area contributed by atoms with Gasteiger partial charge >= 0.3 is 0 Å². The second-order valence-corrected chi connectivity index (χ2v) is 5.56. The third kappa shape index (κ3) is 3.08. The molecule has 122 valence electrons. The molecule has 3 rings (SSSR count). The first-order chi connectivity index (χ1) is 11.6. The van der Waals surface area contributed by atoms with Crippen molar-refractivity contribution in [3.05, 3.63) is 58.1 Å². The molecular weight excluding hydrogens is 308 g/mol. The Labute approximate surface area is 139 Å². The van der Waals surface area contributed by atoms with Crippen molar-refractivity contribution < 1.29 is 10.0 Å². The van der Waals surface area contributed by atoms with Gasteiger partial charge in [-0.25, -0.2) is 0 Å². The minimum Gasteiger partial charge on any atom is -0.508 e. The number of nitro benzene ring substituents is 1. The van der Waals surface area contributed by atoms with Crippen LogP contribution in [0.25, 0.3) is 0 Å². The second kappa shape index (κ2) is 6.46. The Morgan fingerprint density at radius 1 is 1.04 bits per heavy atom. The molecule has 1 heterocycles. The fourth-order valence-electron chi connectivity index (χ4n) is 2.87. The SMILES string of the molecule is N#Cc1ccc([N+](=O)[O-])c(N2CCN(c3ccc(O)cc3)CC2)c1. The van der Waals surface area contributed by atoms with Gasteiger partial charge in [0.15, 0.2) is 0 Å². The number of phenolic OH excluding ortho intramolecular Hbond substituents is 1. The maximum Gasteiger partial charge on any atom is 0.292 e. The number of hydrogen-bond donors (Lipinski definition) is 1. The molecule has 1 aliphatic rings. The van der Waals surface area contributed by atoms with Gasteiger partial charge in [0, 0.05) is 37.9 Å². The van der Waals surface area contributed by atoms with E-state index in [4.69, 9.17) is 5.26 Å². The number of aromatic hydroxyl groups is 1. The van der Waals surface area contributed by atoms with Gasteiger partial charge in [0.25, 0.3) is 5.69 Å². The summed E-state index contributed by atoms with van der Waals surface area (Å²) in [6.45, 7) is 2.66. The molecule has 1 N–H and O–H groups in total. The maximum absolute atomic E-state index is 11.2. The first-order valence-corrected chi connectivity index (χ1v) is 7.56. The first kappa shape index (κ1) is 15.6. The highest BCUT2D eigenvalue weighted by Crippen LogP contribution is 2.30. The van der Waals surface area contributed by atoms with Crippen LogP contribution in [0.15, 0.2) is 42.5 Å². The minimum atomic E-state index is -0.414. The van der Waals surface area contributed by atoms with E-state index in [1.54, 1.807) is 18.2 Å². The number of hydrogen-bond acceptors (Lipinski definition) is 6. The first-order valence-electron chi connectivity index (χ1n) is 7.56. The van der Waals surface area contributed by atoms with Gasteiger partial charge in [-0.1, -0.05) is 0 Å². The molecule has 1 saturated heterocycles. The quantitative estimate of drug-likeness (QED) is 0.688. The van der Waals surface area contributed by atoms with Crippen LogP contribution in [0.4, 0.5) is 17.1 Å².